The third-order valence-corrected chi connectivity index (χ3v) is 3.42. The Morgan fingerprint density at radius 3 is 3.15 bits per heavy atom. The summed E-state index contributed by atoms with van der Waals surface area (Å²) in [5, 5.41) is 0.963. The molecule has 1 N–H and O–H groups in total. The topological polar surface area (TPSA) is 74.4 Å². The van der Waals surface area contributed by atoms with E-state index in [2.05, 4.69) is 19.9 Å². The van der Waals surface area contributed by atoms with Gasteiger partial charge in [-0.3, -0.25) is 4.79 Å². The molecule has 3 heterocycles. The van der Waals surface area contributed by atoms with Crippen molar-refractivity contribution in [3.63, 3.8) is 0 Å². The number of carbonyl (C=O) groups excluding carboxylic acids is 1. The fourth-order valence-electron chi connectivity index (χ4n) is 2.39. The van der Waals surface area contributed by atoms with Crippen molar-refractivity contribution >= 4 is 22.8 Å². The molecule has 3 rings (SSSR count). The first kappa shape index (κ1) is 12.9. The SMILES string of the molecule is CN(C)C(=O)[C@@H]1CN(c2ncnc3[nH]ccc23)CCO1. The van der Waals surface area contributed by atoms with E-state index in [1.807, 2.05) is 12.3 Å². The standard InChI is InChI=1S/C13H17N5O2/c1-17(2)13(19)10-7-18(5-6-20-10)12-9-3-4-14-11(9)15-8-16-12/h3-4,8,10H,5-7H2,1-2H3,(H,14,15,16)/t10-/m0/s1. The van der Waals surface area contributed by atoms with E-state index in [4.69, 9.17) is 4.74 Å². The van der Waals surface area contributed by atoms with Gasteiger partial charge in [-0.1, -0.05) is 0 Å². The second kappa shape index (κ2) is 5.09. The molecule has 1 amide bonds. The summed E-state index contributed by atoms with van der Waals surface area (Å²) < 4.78 is 5.56. The van der Waals surface area contributed by atoms with Crippen LogP contribution in [0.1, 0.15) is 0 Å². The van der Waals surface area contributed by atoms with Gasteiger partial charge in [0.2, 0.25) is 0 Å². The highest BCUT2D eigenvalue weighted by atomic mass is 16.5. The van der Waals surface area contributed by atoms with Crippen LogP contribution in [0.15, 0.2) is 18.6 Å². The minimum Gasteiger partial charge on any atom is -0.365 e. The number of carbonyl (C=O) groups is 1. The van der Waals surface area contributed by atoms with E-state index in [1.165, 1.54) is 6.33 Å². The number of rotatable bonds is 2. The number of ether oxygens (including phenoxy) is 1. The quantitative estimate of drug-likeness (QED) is 0.850. The first-order valence-corrected chi connectivity index (χ1v) is 6.52. The molecule has 1 fully saturated rings. The minimum atomic E-state index is -0.442. The van der Waals surface area contributed by atoms with Crippen LogP contribution in [-0.2, 0) is 9.53 Å². The predicted octanol–water partition coefficient (Wildman–Crippen LogP) is 0.251. The number of fused-ring (bicyclic) bond motifs is 1. The van der Waals surface area contributed by atoms with E-state index in [1.54, 1.807) is 19.0 Å². The van der Waals surface area contributed by atoms with Gasteiger partial charge in [0.25, 0.3) is 5.91 Å². The number of amides is 1. The Labute approximate surface area is 116 Å². The zero-order valence-electron chi connectivity index (χ0n) is 11.5. The molecule has 0 bridgehead atoms. The summed E-state index contributed by atoms with van der Waals surface area (Å²) in [6.45, 7) is 1.74. The molecule has 7 nitrogen and oxygen atoms in total. The molecular formula is C13H17N5O2. The number of likely N-dealkylation sites (N-methyl/N-ethyl adjacent to an activating group) is 1. The van der Waals surface area contributed by atoms with Crippen molar-refractivity contribution in [1.82, 2.24) is 19.9 Å². The van der Waals surface area contributed by atoms with Gasteiger partial charge in [-0.2, -0.15) is 0 Å². The lowest BCUT2D eigenvalue weighted by Crippen LogP contribution is -2.49. The number of H-pyrrole nitrogens is 1. The van der Waals surface area contributed by atoms with E-state index < -0.39 is 6.10 Å². The van der Waals surface area contributed by atoms with Crippen molar-refractivity contribution in [2.45, 2.75) is 6.10 Å². The Morgan fingerprint density at radius 2 is 2.35 bits per heavy atom. The number of aromatic nitrogens is 3. The van der Waals surface area contributed by atoms with Gasteiger partial charge in [0.05, 0.1) is 18.5 Å². The number of nitrogens with one attached hydrogen (secondary N) is 1. The zero-order valence-corrected chi connectivity index (χ0v) is 11.5. The van der Waals surface area contributed by atoms with Gasteiger partial charge in [-0.15, -0.1) is 0 Å². The van der Waals surface area contributed by atoms with Crippen LogP contribution < -0.4 is 4.90 Å². The van der Waals surface area contributed by atoms with Crippen LogP contribution in [0.4, 0.5) is 5.82 Å². The monoisotopic (exact) mass is 275 g/mol. The van der Waals surface area contributed by atoms with E-state index >= 15 is 0 Å². The Balaban J connectivity index is 1.87. The van der Waals surface area contributed by atoms with Crippen molar-refractivity contribution in [1.29, 1.82) is 0 Å². The van der Waals surface area contributed by atoms with Crippen molar-refractivity contribution in [2.24, 2.45) is 0 Å². The molecule has 1 aliphatic heterocycles. The van der Waals surface area contributed by atoms with Gasteiger partial charge in [-0.25, -0.2) is 9.97 Å². The van der Waals surface area contributed by atoms with E-state index in [9.17, 15) is 4.79 Å². The summed E-state index contributed by atoms with van der Waals surface area (Å²) >= 11 is 0. The summed E-state index contributed by atoms with van der Waals surface area (Å²) in [6.07, 6.45) is 2.93. The third kappa shape index (κ3) is 2.20. The molecular weight excluding hydrogens is 258 g/mol. The molecule has 1 saturated heterocycles. The van der Waals surface area contributed by atoms with Crippen LogP contribution in [0, 0.1) is 0 Å². The molecule has 1 aliphatic rings. The average molecular weight is 275 g/mol. The van der Waals surface area contributed by atoms with Crippen molar-refractivity contribution in [3.05, 3.63) is 18.6 Å². The maximum atomic E-state index is 12.0. The number of anilines is 1. The highest BCUT2D eigenvalue weighted by Gasteiger charge is 2.29. The second-order valence-electron chi connectivity index (χ2n) is 4.98. The Hall–Kier alpha value is -2.15. The Morgan fingerprint density at radius 1 is 1.50 bits per heavy atom. The first-order valence-electron chi connectivity index (χ1n) is 6.52. The average Bonchev–Trinajstić information content (AvgIpc) is 2.94. The number of morpholine rings is 1. The molecule has 20 heavy (non-hydrogen) atoms. The van der Waals surface area contributed by atoms with Gasteiger partial charge < -0.3 is 19.5 Å². The van der Waals surface area contributed by atoms with Gasteiger partial charge in [0, 0.05) is 26.8 Å². The van der Waals surface area contributed by atoms with Gasteiger partial charge in [0.15, 0.2) is 6.10 Å². The fraction of sp³-hybridized carbons (Fsp3) is 0.462. The first-order chi connectivity index (χ1) is 9.66. The summed E-state index contributed by atoms with van der Waals surface area (Å²) in [4.78, 5) is 27.3. The Kier molecular flexibility index (Phi) is 3.27. The van der Waals surface area contributed by atoms with Crippen LogP contribution in [0.3, 0.4) is 0 Å². The minimum absolute atomic E-state index is 0.0194. The summed E-state index contributed by atoms with van der Waals surface area (Å²) in [5.74, 6) is 0.824. The van der Waals surface area contributed by atoms with Crippen molar-refractivity contribution in [2.75, 3.05) is 38.7 Å². The van der Waals surface area contributed by atoms with Crippen molar-refractivity contribution in [3.8, 4) is 0 Å². The summed E-state index contributed by atoms with van der Waals surface area (Å²) in [6, 6.07) is 1.95. The lowest BCUT2D eigenvalue weighted by Gasteiger charge is -2.34. The molecule has 2 aromatic heterocycles. The molecule has 7 heteroatoms. The maximum absolute atomic E-state index is 12.0. The number of nitrogens with zero attached hydrogens (tertiary/aromatic N) is 4. The molecule has 106 valence electrons. The van der Waals surface area contributed by atoms with Gasteiger partial charge in [0.1, 0.15) is 17.8 Å². The van der Waals surface area contributed by atoms with Crippen LogP contribution in [0.5, 0.6) is 0 Å². The predicted molar refractivity (Wildman–Crippen MR) is 74.5 cm³/mol. The van der Waals surface area contributed by atoms with Crippen molar-refractivity contribution < 1.29 is 9.53 Å². The molecule has 0 aliphatic carbocycles. The summed E-state index contributed by atoms with van der Waals surface area (Å²) in [5.41, 5.74) is 0.803. The van der Waals surface area contributed by atoms with Gasteiger partial charge in [-0.05, 0) is 6.07 Å². The number of aromatic amines is 1. The van der Waals surface area contributed by atoms with Crippen LogP contribution in [0.2, 0.25) is 0 Å². The van der Waals surface area contributed by atoms with Crippen LogP contribution in [0.25, 0.3) is 11.0 Å². The zero-order chi connectivity index (χ0) is 14.1. The van der Waals surface area contributed by atoms with Crippen LogP contribution in [-0.4, -0.2) is 65.7 Å². The van der Waals surface area contributed by atoms with Crippen LogP contribution >= 0.6 is 0 Å². The smallest absolute Gasteiger partial charge is 0.253 e. The summed E-state index contributed by atoms with van der Waals surface area (Å²) in [7, 11) is 3.47. The van der Waals surface area contributed by atoms with E-state index in [0.29, 0.717) is 19.7 Å². The maximum Gasteiger partial charge on any atom is 0.253 e. The van der Waals surface area contributed by atoms with E-state index in [-0.39, 0.29) is 5.91 Å². The lowest BCUT2D eigenvalue weighted by molar-refractivity contribution is -0.141. The number of hydrogen-bond donors (Lipinski definition) is 1. The molecule has 0 radical (unpaired) electrons. The lowest BCUT2D eigenvalue weighted by atomic mass is 10.2. The van der Waals surface area contributed by atoms with E-state index in [0.717, 1.165) is 16.9 Å². The molecule has 0 aromatic carbocycles. The molecule has 0 saturated carbocycles. The molecule has 0 spiro atoms. The molecule has 1 atom stereocenters. The molecule has 2 aromatic rings. The normalized spacial score (nSPS) is 19.3. The Bertz CT molecular complexity index is 624. The highest BCUT2D eigenvalue weighted by molar-refractivity contribution is 5.88. The largest absolute Gasteiger partial charge is 0.365 e. The highest BCUT2D eigenvalue weighted by Crippen LogP contribution is 2.23. The van der Waals surface area contributed by atoms with Gasteiger partial charge >= 0.3 is 0 Å². The third-order valence-electron chi connectivity index (χ3n) is 3.42. The number of hydrogen-bond acceptors (Lipinski definition) is 5. The second-order valence-corrected chi connectivity index (χ2v) is 4.98. The fourth-order valence-corrected chi connectivity index (χ4v) is 2.39. The molecule has 0 unspecified atom stereocenters.